The maximum atomic E-state index is 2.69. The van der Waals surface area contributed by atoms with E-state index in [1.165, 1.54) is 25.7 Å². The molecule has 2 heteroatoms. The minimum absolute atomic E-state index is 0.771. The van der Waals surface area contributed by atoms with Gasteiger partial charge in [-0.05, 0) is 48.8 Å². The summed E-state index contributed by atoms with van der Waals surface area (Å²) in [5.74, 6) is 3.90. The van der Waals surface area contributed by atoms with Gasteiger partial charge in [0.15, 0.2) is 0 Å². The molecule has 2 fully saturated rings. The van der Waals surface area contributed by atoms with Crippen molar-refractivity contribution in [2.75, 3.05) is 14.1 Å². The molecule has 0 heterocycles. The van der Waals surface area contributed by atoms with Gasteiger partial charge in [-0.1, -0.05) is 53.4 Å². The topological polar surface area (TPSA) is 3.24 Å². The first kappa shape index (κ1) is 14.6. The average Bonchev–Trinajstić information content (AvgIpc) is 2.79. The molecule has 0 aromatic heterocycles. The predicted molar refractivity (Wildman–Crippen MR) is 83.5 cm³/mol. The molecule has 0 radical (unpaired) electrons. The molecule has 0 amide bonds. The summed E-state index contributed by atoms with van der Waals surface area (Å²) in [5.41, 5.74) is 2.15. The third-order valence-electron chi connectivity index (χ3n) is 6.53. The quantitative estimate of drug-likeness (QED) is 0.695. The largest absolute Gasteiger partial charge is 0.331 e. The van der Waals surface area contributed by atoms with Crippen LogP contribution in [-0.4, -0.2) is 27.6 Å². The summed E-state index contributed by atoms with van der Waals surface area (Å²) in [5, 5.41) is 0. The lowest BCUT2D eigenvalue weighted by atomic mass is 10.0. The Balaban J connectivity index is 2.14. The number of hydrogen-bond acceptors (Lipinski definition) is 1. The van der Waals surface area contributed by atoms with E-state index in [-0.39, 0.29) is 0 Å². The minimum Gasteiger partial charge on any atom is -0.331 e. The fourth-order valence-electron chi connectivity index (χ4n) is 4.85. The molecule has 0 saturated heterocycles. The molecule has 2 aliphatic rings. The summed E-state index contributed by atoms with van der Waals surface area (Å²) in [7, 11) is 3.98. The highest BCUT2D eigenvalue weighted by molar-refractivity contribution is 6.59. The highest BCUT2D eigenvalue weighted by Crippen LogP contribution is 2.51. The number of rotatable bonds is 3. The van der Waals surface area contributed by atoms with Crippen LogP contribution < -0.4 is 0 Å². The summed E-state index contributed by atoms with van der Waals surface area (Å²) in [6.07, 6.45) is 6.02. The molecule has 6 atom stereocenters. The van der Waals surface area contributed by atoms with Gasteiger partial charge >= 0.3 is 0 Å². The molecule has 2 rings (SSSR count). The van der Waals surface area contributed by atoms with Crippen LogP contribution in [0, 0.1) is 23.7 Å². The number of hydrogen-bond donors (Lipinski definition) is 0. The van der Waals surface area contributed by atoms with E-state index in [4.69, 9.17) is 0 Å². The SMILES string of the molecule is CC1CCC([SiH](C2CCC(C)C2C)N(C)C)C1C. The van der Waals surface area contributed by atoms with Crippen LogP contribution in [0.5, 0.6) is 0 Å². The Bertz CT molecular complexity index is 254. The normalized spacial score (nSPS) is 46.8. The lowest BCUT2D eigenvalue weighted by Crippen LogP contribution is -2.43. The van der Waals surface area contributed by atoms with Crippen LogP contribution in [0.3, 0.4) is 0 Å². The molecule has 2 aliphatic carbocycles. The van der Waals surface area contributed by atoms with Crippen LogP contribution >= 0.6 is 0 Å². The second-order valence-corrected chi connectivity index (χ2v) is 11.3. The standard InChI is InChI=1S/C16H33NSi/c1-11-7-9-15(13(11)3)18(17(5)6)16-10-8-12(2)14(16)4/h11-16,18H,7-10H2,1-6H3. The van der Waals surface area contributed by atoms with Gasteiger partial charge < -0.3 is 4.57 Å². The van der Waals surface area contributed by atoms with Crippen molar-refractivity contribution in [3.63, 3.8) is 0 Å². The van der Waals surface area contributed by atoms with Gasteiger partial charge in [-0.3, -0.25) is 0 Å². The molecule has 1 nitrogen and oxygen atoms in total. The Morgan fingerprint density at radius 1 is 0.722 bits per heavy atom. The van der Waals surface area contributed by atoms with E-state index in [0.717, 1.165) is 34.8 Å². The van der Waals surface area contributed by atoms with Gasteiger partial charge in [-0.25, -0.2) is 0 Å². The van der Waals surface area contributed by atoms with Crippen molar-refractivity contribution < 1.29 is 0 Å². The molecule has 6 unspecified atom stereocenters. The van der Waals surface area contributed by atoms with Crippen molar-refractivity contribution in [2.24, 2.45) is 23.7 Å². The van der Waals surface area contributed by atoms with Crippen molar-refractivity contribution in [2.45, 2.75) is 64.5 Å². The van der Waals surface area contributed by atoms with Crippen LogP contribution in [0.1, 0.15) is 53.4 Å². The molecule has 106 valence electrons. The molecule has 0 aromatic rings. The van der Waals surface area contributed by atoms with E-state index < -0.39 is 8.96 Å². The van der Waals surface area contributed by atoms with E-state index >= 15 is 0 Å². The minimum atomic E-state index is -0.771. The smallest absolute Gasteiger partial charge is 0.118 e. The van der Waals surface area contributed by atoms with Crippen molar-refractivity contribution in [3.05, 3.63) is 0 Å². The monoisotopic (exact) mass is 267 g/mol. The zero-order chi connectivity index (χ0) is 13.4. The zero-order valence-electron chi connectivity index (χ0n) is 13.3. The maximum Gasteiger partial charge on any atom is 0.118 e. The third kappa shape index (κ3) is 2.56. The van der Waals surface area contributed by atoms with Gasteiger partial charge in [0.1, 0.15) is 8.96 Å². The Labute approximate surface area is 116 Å². The molecule has 0 aliphatic heterocycles. The molecule has 0 aromatic carbocycles. The van der Waals surface area contributed by atoms with Crippen molar-refractivity contribution in [1.29, 1.82) is 0 Å². The van der Waals surface area contributed by atoms with Crippen LogP contribution in [0.4, 0.5) is 0 Å². The van der Waals surface area contributed by atoms with E-state index in [2.05, 4.69) is 46.4 Å². The van der Waals surface area contributed by atoms with Crippen LogP contribution in [0.2, 0.25) is 11.1 Å². The Kier molecular flexibility index (Phi) is 4.59. The zero-order valence-corrected chi connectivity index (χ0v) is 14.5. The Morgan fingerprint density at radius 2 is 1.11 bits per heavy atom. The van der Waals surface area contributed by atoms with Crippen LogP contribution in [0.15, 0.2) is 0 Å². The summed E-state index contributed by atoms with van der Waals surface area (Å²) in [6, 6.07) is 0. The fraction of sp³-hybridized carbons (Fsp3) is 1.00. The predicted octanol–water partition coefficient (Wildman–Crippen LogP) is 4.14. The molecule has 2 saturated carbocycles. The van der Waals surface area contributed by atoms with Gasteiger partial charge in [-0.15, -0.1) is 0 Å². The molecule has 18 heavy (non-hydrogen) atoms. The first-order chi connectivity index (χ1) is 8.43. The summed E-state index contributed by atoms with van der Waals surface area (Å²) in [6.45, 7) is 10.0. The number of nitrogens with zero attached hydrogens (tertiary/aromatic N) is 1. The lowest BCUT2D eigenvalue weighted by Gasteiger charge is -2.38. The Morgan fingerprint density at radius 3 is 1.33 bits per heavy atom. The Hall–Kier alpha value is 0.177. The fourth-order valence-corrected chi connectivity index (χ4v) is 10.1. The molecular formula is C16H33NSi. The summed E-state index contributed by atoms with van der Waals surface area (Å²) >= 11 is 0. The average molecular weight is 268 g/mol. The van der Waals surface area contributed by atoms with Gasteiger partial charge in [0.05, 0.1) is 0 Å². The van der Waals surface area contributed by atoms with E-state index in [9.17, 15) is 0 Å². The van der Waals surface area contributed by atoms with Crippen molar-refractivity contribution >= 4 is 8.96 Å². The lowest BCUT2D eigenvalue weighted by molar-refractivity contribution is 0.414. The van der Waals surface area contributed by atoms with Gasteiger partial charge in [0.25, 0.3) is 0 Å². The van der Waals surface area contributed by atoms with E-state index in [0.29, 0.717) is 0 Å². The highest BCUT2D eigenvalue weighted by Gasteiger charge is 2.45. The first-order valence-electron chi connectivity index (χ1n) is 8.10. The molecule has 0 spiro atoms. The maximum absolute atomic E-state index is 2.69. The molecule has 0 bridgehead atoms. The van der Waals surface area contributed by atoms with E-state index in [1.54, 1.807) is 0 Å². The van der Waals surface area contributed by atoms with Gasteiger partial charge in [0, 0.05) is 0 Å². The third-order valence-corrected chi connectivity index (χ3v) is 11.4. The summed E-state index contributed by atoms with van der Waals surface area (Å²) in [4.78, 5) is 0. The second-order valence-electron chi connectivity index (χ2n) is 7.61. The van der Waals surface area contributed by atoms with Gasteiger partial charge in [0.2, 0.25) is 0 Å². The molecule has 0 N–H and O–H groups in total. The van der Waals surface area contributed by atoms with Gasteiger partial charge in [-0.2, -0.15) is 0 Å². The van der Waals surface area contributed by atoms with Crippen LogP contribution in [-0.2, 0) is 0 Å². The first-order valence-corrected chi connectivity index (χ1v) is 9.94. The van der Waals surface area contributed by atoms with Crippen molar-refractivity contribution in [1.82, 2.24) is 4.57 Å². The van der Waals surface area contributed by atoms with E-state index in [1.807, 2.05) is 0 Å². The highest BCUT2D eigenvalue weighted by atomic mass is 28.3. The molecular weight excluding hydrogens is 234 g/mol. The van der Waals surface area contributed by atoms with Crippen molar-refractivity contribution in [3.8, 4) is 0 Å². The van der Waals surface area contributed by atoms with Crippen LogP contribution in [0.25, 0.3) is 0 Å². The summed E-state index contributed by atoms with van der Waals surface area (Å²) < 4.78 is 2.69. The second kappa shape index (κ2) is 5.66.